The molecule has 1 aliphatic rings. The number of nitrogens with zero attached hydrogens (tertiary/aromatic N) is 4. The lowest BCUT2D eigenvalue weighted by Gasteiger charge is -2.32. The van der Waals surface area contributed by atoms with Crippen LogP contribution in [0.4, 0.5) is 5.82 Å². The molecule has 2 aromatic carbocycles. The van der Waals surface area contributed by atoms with Crippen LogP contribution in [0.25, 0.3) is 23.0 Å². The van der Waals surface area contributed by atoms with Crippen LogP contribution in [0.2, 0.25) is 0 Å². The Morgan fingerprint density at radius 2 is 1.82 bits per heavy atom. The van der Waals surface area contributed by atoms with E-state index in [0.29, 0.717) is 17.2 Å². The minimum Gasteiger partial charge on any atom is -0.367 e. The van der Waals surface area contributed by atoms with Gasteiger partial charge in [-0.05, 0) is 36.4 Å². The average molecular weight is 433 g/mol. The molecule has 4 aromatic rings. The van der Waals surface area contributed by atoms with Crippen LogP contribution in [-0.2, 0) is 0 Å². The summed E-state index contributed by atoms with van der Waals surface area (Å²) in [4.78, 5) is 7.31. The third kappa shape index (κ3) is 4.86. The van der Waals surface area contributed by atoms with Gasteiger partial charge in [-0.3, -0.25) is 4.90 Å². The molecular weight excluding hydrogens is 405 g/mol. The predicted octanol–water partition coefficient (Wildman–Crippen LogP) is 4.09. The number of piperidine rings is 1. The number of benzene rings is 2. The van der Waals surface area contributed by atoms with Crippen LogP contribution < -0.4 is 10.8 Å². The van der Waals surface area contributed by atoms with E-state index in [1.165, 1.54) is 11.1 Å². The average Bonchev–Trinajstić information content (AvgIpc) is 3.22. The van der Waals surface area contributed by atoms with Crippen molar-refractivity contribution < 1.29 is 0 Å². The largest absolute Gasteiger partial charge is 0.367 e. The van der Waals surface area contributed by atoms with E-state index in [1.807, 2.05) is 22.7 Å². The SMILES string of the molecule is [B]c1cnn2c(NC3CCN(C/C=C/c4ccccc4)CC3)cc(-c3ccccc3C)nc12. The number of aryl methyl sites for hydroxylation is 1. The summed E-state index contributed by atoms with van der Waals surface area (Å²) in [6.45, 7) is 5.22. The first-order valence-corrected chi connectivity index (χ1v) is 11.6. The lowest BCUT2D eigenvalue weighted by Crippen LogP contribution is -2.39. The summed E-state index contributed by atoms with van der Waals surface area (Å²) in [5.74, 6) is 0.942. The molecule has 1 N–H and O–H groups in total. The number of fused-ring (bicyclic) bond motifs is 1. The van der Waals surface area contributed by atoms with Crippen molar-refractivity contribution in [3.63, 3.8) is 0 Å². The fourth-order valence-corrected chi connectivity index (χ4v) is 4.45. The third-order valence-corrected chi connectivity index (χ3v) is 6.33. The summed E-state index contributed by atoms with van der Waals surface area (Å²) in [5, 5.41) is 8.20. The van der Waals surface area contributed by atoms with Gasteiger partial charge >= 0.3 is 0 Å². The van der Waals surface area contributed by atoms with Gasteiger partial charge in [0.2, 0.25) is 0 Å². The maximum atomic E-state index is 6.18. The number of aromatic nitrogens is 3. The van der Waals surface area contributed by atoms with Gasteiger partial charge in [-0.1, -0.05) is 66.7 Å². The topological polar surface area (TPSA) is 45.5 Å². The Kier molecular flexibility index (Phi) is 6.27. The quantitative estimate of drug-likeness (QED) is 0.466. The molecule has 2 radical (unpaired) electrons. The summed E-state index contributed by atoms with van der Waals surface area (Å²) in [6.07, 6.45) is 8.31. The monoisotopic (exact) mass is 433 g/mol. The van der Waals surface area contributed by atoms with E-state index in [9.17, 15) is 0 Å². The fraction of sp³-hybridized carbons (Fsp3) is 0.259. The van der Waals surface area contributed by atoms with Crippen LogP contribution in [0.3, 0.4) is 0 Å². The van der Waals surface area contributed by atoms with Gasteiger partial charge in [0.1, 0.15) is 13.7 Å². The molecule has 0 atom stereocenters. The maximum absolute atomic E-state index is 6.18. The molecule has 0 unspecified atom stereocenters. The molecule has 1 aliphatic heterocycles. The Bertz CT molecular complexity index is 1260. The van der Waals surface area contributed by atoms with Gasteiger partial charge in [0, 0.05) is 43.5 Å². The van der Waals surface area contributed by atoms with Gasteiger partial charge in [0.15, 0.2) is 5.65 Å². The number of rotatable bonds is 6. The van der Waals surface area contributed by atoms with E-state index >= 15 is 0 Å². The molecule has 0 bridgehead atoms. The van der Waals surface area contributed by atoms with Crippen LogP contribution in [-0.4, -0.2) is 53.0 Å². The first kappa shape index (κ1) is 21.5. The molecule has 2 aromatic heterocycles. The van der Waals surface area contributed by atoms with Crippen LogP contribution >= 0.6 is 0 Å². The van der Waals surface area contributed by atoms with Gasteiger partial charge in [-0.2, -0.15) is 9.61 Å². The molecule has 5 rings (SSSR count). The number of nitrogens with one attached hydrogen (secondary N) is 1. The van der Waals surface area contributed by atoms with Crippen molar-refractivity contribution in [2.75, 3.05) is 25.0 Å². The van der Waals surface area contributed by atoms with E-state index in [0.717, 1.165) is 49.6 Å². The molecule has 0 spiro atoms. The molecule has 3 heterocycles. The number of hydrogen-bond acceptors (Lipinski definition) is 4. The molecule has 1 fully saturated rings. The second-order valence-electron chi connectivity index (χ2n) is 8.71. The van der Waals surface area contributed by atoms with Gasteiger partial charge in [0.05, 0.1) is 5.69 Å². The second-order valence-corrected chi connectivity index (χ2v) is 8.71. The Morgan fingerprint density at radius 3 is 2.61 bits per heavy atom. The first-order valence-electron chi connectivity index (χ1n) is 11.6. The Labute approximate surface area is 196 Å². The van der Waals surface area contributed by atoms with Crippen molar-refractivity contribution in [3.8, 4) is 11.3 Å². The molecule has 0 saturated carbocycles. The summed E-state index contributed by atoms with van der Waals surface area (Å²) in [6, 6.07) is 21.3. The lowest BCUT2D eigenvalue weighted by molar-refractivity contribution is 0.240. The molecule has 0 amide bonds. The van der Waals surface area contributed by atoms with Crippen LogP contribution in [0.5, 0.6) is 0 Å². The number of anilines is 1. The molecule has 33 heavy (non-hydrogen) atoms. The third-order valence-electron chi connectivity index (χ3n) is 6.33. The molecular formula is C27H28BN5. The minimum atomic E-state index is 0.389. The summed E-state index contributed by atoms with van der Waals surface area (Å²) in [7, 11) is 6.18. The number of hydrogen-bond donors (Lipinski definition) is 1. The van der Waals surface area contributed by atoms with Crippen LogP contribution in [0, 0.1) is 6.92 Å². The number of likely N-dealkylation sites (tertiary alicyclic amines) is 1. The maximum Gasteiger partial charge on any atom is 0.150 e. The van der Waals surface area contributed by atoms with Gasteiger partial charge in [-0.25, -0.2) is 4.98 Å². The van der Waals surface area contributed by atoms with Crippen molar-refractivity contribution >= 4 is 30.9 Å². The lowest BCUT2D eigenvalue weighted by atomic mass is 10.00. The normalized spacial score (nSPS) is 15.4. The highest BCUT2D eigenvalue weighted by molar-refractivity contribution is 6.36. The zero-order chi connectivity index (χ0) is 22.6. The summed E-state index contributed by atoms with van der Waals surface area (Å²) >= 11 is 0. The van der Waals surface area contributed by atoms with E-state index in [-0.39, 0.29) is 0 Å². The molecule has 0 aliphatic carbocycles. The summed E-state index contributed by atoms with van der Waals surface area (Å²) in [5.41, 5.74) is 5.76. The Morgan fingerprint density at radius 1 is 1.06 bits per heavy atom. The van der Waals surface area contributed by atoms with E-state index in [2.05, 4.69) is 76.9 Å². The Hall–Kier alpha value is -3.38. The zero-order valence-electron chi connectivity index (χ0n) is 19.0. The smallest absolute Gasteiger partial charge is 0.150 e. The van der Waals surface area contributed by atoms with Crippen LogP contribution in [0.1, 0.15) is 24.0 Å². The molecule has 1 saturated heterocycles. The standard InChI is InChI=1S/C27H28BN5/c1-20-8-5-6-12-23(20)25-18-26(33-27(31-25)24(28)19-29-33)30-22-13-16-32(17-14-22)15-7-11-21-9-3-2-4-10-21/h2-12,18-19,22,30H,13-17H2,1H3/b11-7+. The molecule has 164 valence electrons. The van der Waals surface area contributed by atoms with Crippen molar-refractivity contribution in [1.82, 2.24) is 19.5 Å². The van der Waals surface area contributed by atoms with Gasteiger partial charge in [-0.15, -0.1) is 0 Å². The van der Waals surface area contributed by atoms with Crippen molar-refractivity contribution in [3.05, 3.63) is 84.1 Å². The van der Waals surface area contributed by atoms with E-state index in [1.54, 1.807) is 6.20 Å². The van der Waals surface area contributed by atoms with Crippen molar-refractivity contribution in [1.29, 1.82) is 0 Å². The van der Waals surface area contributed by atoms with Gasteiger partial charge < -0.3 is 5.32 Å². The highest BCUT2D eigenvalue weighted by atomic mass is 15.3. The Balaban J connectivity index is 1.28. The fourth-order valence-electron chi connectivity index (χ4n) is 4.45. The summed E-state index contributed by atoms with van der Waals surface area (Å²) < 4.78 is 1.83. The highest BCUT2D eigenvalue weighted by Gasteiger charge is 2.20. The van der Waals surface area contributed by atoms with E-state index in [4.69, 9.17) is 12.8 Å². The predicted molar refractivity (Wildman–Crippen MR) is 137 cm³/mol. The first-order chi connectivity index (χ1) is 16.2. The van der Waals surface area contributed by atoms with E-state index < -0.39 is 0 Å². The van der Waals surface area contributed by atoms with Crippen molar-refractivity contribution in [2.45, 2.75) is 25.8 Å². The minimum absolute atomic E-state index is 0.389. The molecule has 6 heteroatoms. The van der Waals surface area contributed by atoms with Crippen molar-refractivity contribution in [2.24, 2.45) is 0 Å². The van der Waals surface area contributed by atoms with Gasteiger partial charge in [0.25, 0.3) is 0 Å². The zero-order valence-corrected chi connectivity index (χ0v) is 19.0. The second kappa shape index (κ2) is 9.63. The van der Waals surface area contributed by atoms with Crippen LogP contribution in [0.15, 0.2) is 72.9 Å². The molecule has 5 nitrogen and oxygen atoms in total. The highest BCUT2D eigenvalue weighted by Crippen LogP contribution is 2.26.